The first-order valence-corrected chi connectivity index (χ1v) is 12.7. The van der Waals surface area contributed by atoms with Crippen LogP contribution >= 0.6 is 0 Å². The van der Waals surface area contributed by atoms with E-state index in [2.05, 4.69) is 73.5 Å². The molecule has 2 saturated heterocycles. The number of benzene rings is 2. The van der Waals surface area contributed by atoms with Gasteiger partial charge in [0.05, 0.1) is 5.41 Å². The number of hydrogen-bond acceptors (Lipinski definition) is 3. The van der Waals surface area contributed by atoms with Crippen LogP contribution in [0.2, 0.25) is 0 Å². The predicted octanol–water partition coefficient (Wildman–Crippen LogP) is 5.30. The molecule has 2 aliphatic rings. The van der Waals surface area contributed by atoms with E-state index >= 15 is 0 Å². The molecule has 0 saturated carbocycles. The maximum atomic E-state index is 13.5. The van der Waals surface area contributed by atoms with Gasteiger partial charge in [-0.25, -0.2) is 0 Å². The standard InChI is InChI=1S/C29H40N2O2/c1-22-17-23(2)19-27(18-22)26-9-6-8-25(20-26)21-29(10-15-33-16-11-29)28(32)30-12-14-31-13-5-4-7-24(31)3/h6,8-9,17-20,24H,4-5,7,10-16,21H2,1-3H3,(H,30,32)/t24-/m1/s1. The zero-order valence-electron chi connectivity index (χ0n) is 20.7. The predicted molar refractivity (Wildman–Crippen MR) is 135 cm³/mol. The topological polar surface area (TPSA) is 41.6 Å². The van der Waals surface area contributed by atoms with Gasteiger partial charge >= 0.3 is 0 Å². The van der Waals surface area contributed by atoms with Gasteiger partial charge in [0, 0.05) is 32.3 Å². The molecule has 178 valence electrons. The third-order valence-electron chi connectivity index (χ3n) is 7.58. The Balaban J connectivity index is 1.46. The fraction of sp³-hybridized carbons (Fsp3) is 0.552. The monoisotopic (exact) mass is 448 g/mol. The Morgan fingerprint density at radius 3 is 2.55 bits per heavy atom. The Morgan fingerprint density at radius 2 is 1.82 bits per heavy atom. The Morgan fingerprint density at radius 1 is 1.06 bits per heavy atom. The molecule has 1 atom stereocenters. The van der Waals surface area contributed by atoms with Crippen LogP contribution in [0, 0.1) is 19.3 Å². The molecular weight excluding hydrogens is 408 g/mol. The summed E-state index contributed by atoms with van der Waals surface area (Å²) >= 11 is 0. The average Bonchev–Trinajstić information content (AvgIpc) is 2.80. The molecule has 2 fully saturated rings. The molecule has 0 aliphatic carbocycles. The number of carbonyl (C=O) groups excluding carboxylic acids is 1. The molecule has 4 nitrogen and oxygen atoms in total. The highest BCUT2D eigenvalue weighted by Gasteiger charge is 2.40. The number of aryl methyl sites for hydroxylation is 2. The number of ether oxygens (including phenoxy) is 1. The van der Waals surface area contributed by atoms with Crippen LogP contribution in [-0.2, 0) is 16.0 Å². The molecule has 0 unspecified atom stereocenters. The molecule has 2 aromatic rings. The highest BCUT2D eigenvalue weighted by Crippen LogP contribution is 2.36. The second-order valence-electron chi connectivity index (χ2n) is 10.3. The number of amides is 1. The molecule has 2 aliphatic heterocycles. The van der Waals surface area contributed by atoms with E-state index in [-0.39, 0.29) is 11.3 Å². The summed E-state index contributed by atoms with van der Waals surface area (Å²) in [4.78, 5) is 16.0. The van der Waals surface area contributed by atoms with Crippen molar-refractivity contribution in [2.45, 2.75) is 65.3 Å². The van der Waals surface area contributed by atoms with E-state index in [1.54, 1.807) is 0 Å². The number of carbonyl (C=O) groups is 1. The first-order valence-electron chi connectivity index (χ1n) is 12.7. The number of nitrogens with zero attached hydrogens (tertiary/aromatic N) is 1. The lowest BCUT2D eigenvalue weighted by Gasteiger charge is -2.37. The summed E-state index contributed by atoms with van der Waals surface area (Å²) in [6.07, 6.45) is 6.21. The average molecular weight is 449 g/mol. The van der Waals surface area contributed by atoms with Gasteiger partial charge in [0.15, 0.2) is 0 Å². The van der Waals surface area contributed by atoms with Crippen LogP contribution in [0.4, 0.5) is 0 Å². The molecule has 0 radical (unpaired) electrons. The lowest BCUT2D eigenvalue weighted by molar-refractivity contribution is -0.136. The van der Waals surface area contributed by atoms with Crippen LogP contribution in [0.3, 0.4) is 0 Å². The molecule has 33 heavy (non-hydrogen) atoms. The quantitative estimate of drug-likeness (QED) is 0.625. The molecule has 1 N–H and O–H groups in total. The first kappa shape index (κ1) is 24.0. The van der Waals surface area contributed by atoms with Crippen LogP contribution in [0.25, 0.3) is 11.1 Å². The Kier molecular flexibility index (Phi) is 7.87. The summed E-state index contributed by atoms with van der Waals surface area (Å²) in [6, 6.07) is 16.1. The minimum Gasteiger partial charge on any atom is -0.381 e. The largest absolute Gasteiger partial charge is 0.381 e. The Bertz CT molecular complexity index is 928. The van der Waals surface area contributed by atoms with Crippen LogP contribution < -0.4 is 5.32 Å². The van der Waals surface area contributed by atoms with Crippen molar-refractivity contribution in [1.29, 1.82) is 0 Å². The van der Waals surface area contributed by atoms with Gasteiger partial charge in [-0.3, -0.25) is 9.69 Å². The normalized spacial score (nSPS) is 21.0. The van der Waals surface area contributed by atoms with E-state index in [0.29, 0.717) is 19.3 Å². The Hall–Kier alpha value is -2.17. The van der Waals surface area contributed by atoms with Gasteiger partial charge in [-0.2, -0.15) is 0 Å². The molecule has 0 spiro atoms. The maximum Gasteiger partial charge on any atom is 0.226 e. The SMILES string of the molecule is Cc1cc(C)cc(-c2cccc(CC3(C(=O)NCCN4CCCC[C@H]4C)CCOCC3)c2)c1. The Labute approximate surface area is 199 Å². The van der Waals surface area contributed by atoms with Crippen LogP contribution in [0.1, 0.15) is 55.7 Å². The lowest BCUT2D eigenvalue weighted by atomic mass is 9.74. The number of nitrogens with one attached hydrogen (secondary N) is 1. The first-order chi connectivity index (χ1) is 15.9. The van der Waals surface area contributed by atoms with Crippen LogP contribution in [0.5, 0.6) is 0 Å². The van der Waals surface area contributed by atoms with Crippen LogP contribution in [0.15, 0.2) is 42.5 Å². The highest BCUT2D eigenvalue weighted by molar-refractivity contribution is 5.83. The summed E-state index contributed by atoms with van der Waals surface area (Å²) in [5.74, 6) is 0.201. The van der Waals surface area contributed by atoms with Gasteiger partial charge < -0.3 is 10.1 Å². The van der Waals surface area contributed by atoms with Crippen molar-refractivity contribution < 1.29 is 9.53 Å². The summed E-state index contributed by atoms with van der Waals surface area (Å²) in [6.45, 7) is 10.8. The van der Waals surface area contributed by atoms with Gasteiger partial charge in [0.25, 0.3) is 0 Å². The van der Waals surface area contributed by atoms with E-state index in [0.717, 1.165) is 38.9 Å². The zero-order valence-corrected chi connectivity index (χ0v) is 20.7. The summed E-state index contributed by atoms with van der Waals surface area (Å²) in [5, 5.41) is 3.31. The minimum atomic E-state index is -0.382. The molecule has 4 heteroatoms. The summed E-state index contributed by atoms with van der Waals surface area (Å²) in [5.41, 5.74) is 5.87. The van der Waals surface area contributed by atoms with Crippen molar-refractivity contribution in [3.63, 3.8) is 0 Å². The van der Waals surface area contributed by atoms with E-state index in [1.165, 1.54) is 47.1 Å². The molecule has 4 rings (SSSR count). The molecule has 2 aromatic carbocycles. The van der Waals surface area contributed by atoms with E-state index in [4.69, 9.17) is 4.74 Å². The van der Waals surface area contributed by atoms with Crippen molar-refractivity contribution >= 4 is 5.91 Å². The second kappa shape index (κ2) is 10.8. The molecule has 1 amide bonds. The number of hydrogen-bond donors (Lipinski definition) is 1. The van der Waals surface area contributed by atoms with Gasteiger partial charge in [-0.1, -0.05) is 60.0 Å². The van der Waals surface area contributed by atoms with Crippen molar-refractivity contribution in [2.75, 3.05) is 32.8 Å². The van der Waals surface area contributed by atoms with E-state index in [9.17, 15) is 4.79 Å². The van der Waals surface area contributed by atoms with Gasteiger partial charge in [0.1, 0.15) is 0 Å². The van der Waals surface area contributed by atoms with E-state index < -0.39 is 0 Å². The maximum absolute atomic E-state index is 13.5. The number of piperidine rings is 1. The highest BCUT2D eigenvalue weighted by atomic mass is 16.5. The van der Waals surface area contributed by atoms with Crippen molar-refractivity contribution in [3.8, 4) is 11.1 Å². The summed E-state index contributed by atoms with van der Waals surface area (Å²) < 4.78 is 5.66. The summed E-state index contributed by atoms with van der Waals surface area (Å²) in [7, 11) is 0. The fourth-order valence-corrected chi connectivity index (χ4v) is 5.63. The zero-order chi connectivity index (χ0) is 23.3. The minimum absolute atomic E-state index is 0.201. The van der Waals surface area contributed by atoms with E-state index in [1.807, 2.05) is 0 Å². The third-order valence-corrected chi connectivity index (χ3v) is 7.58. The fourth-order valence-electron chi connectivity index (χ4n) is 5.63. The van der Waals surface area contributed by atoms with Crippen molar-refractivity contribution in [2.24, 2.45) is 5.41 Å². The third kappa shape index (κ3) is 6.04. The van der Waals surface area contributed by atoms with Crippen molar-refractivity contribution in [1.82, 2.24) is 10.2 Å². The molecule has 0 aromatic heterocycles. The lowest BCUT2D eigenvalue weighted by Crippen LogP contribution is -2.49. The molecule has 2 heterocycles. The molecule has 0 bridgehead atoms. The number of likely N-dealkylation sites (tertiary alicyclic amines) is 1. The number of rotatable bonds is 7. The van der Waals surface area contributed by atoms with Crippen molar-refractivity contribution in [3.05, 3.63) is 59.2 Å². The second-order valence-corrected chi connectivity index (χ2v) is 10.3. The van der Waals surface area contributed by atoms with Crippen LogP contribution in [-0.4, -0.2) is 49.7 Å². The smallest absolute Gasteiger partial charge is 0.226 e. The molecular formula is C29H40N2O2. The van der Waals surface area contributed by atoms with Gasteiger partial charge in [0.2, 0.25) is 5.91 Å². The van der Waals surface area contributed by atoms with Gasteiger partial charge in [-0.05, 0) is 76.1 Å². The van der Waals surface area contributed by atoms with Gasteiger partial charge in [-0.15, -0.1) is 0 Å².